The van der Waals surface area contributed by atoms with Crippen molar-refractivity contribution < 1.29 is 9.53 Å². The normalized spacial score (nSPS) is 10.0. The van der Waals surface area contributed by atoms with Crippen molar-refractivity contribution in [2.75, 3.05) is 7.11 Å². The van der Waals surface area contributed by atoms with Gasteiger partial charge >= 0.3 is 5.97 Å². The molecule has 0 amide bonds. The van der Waals surface area contributed by atoms with Gasteiger partial charge in [-0.25, -0.2) is 0 Å². The predicted molar refractivity (Wildman–Crippen MR) is 65.0 cm³/mol. The molecular weight excluding hydrogens is 232 g/mol. The highest BCUT2D eigenvalue weighted by Gasteiger charge is 2.08. The number of fused-ring (bicyclic) bond motifs is 1. The van der Waals surface area contributed by atoms with Crippen LogP contribution in [0.2, 0.25) is 0 Å². The van der Waals surface area contributed by atoms with Crippen molar-refractivity contribution >= 4 is 16.9 Å². The maximum Gasteiger partial charge on any atom is 0.310 e. The van der Waals surface area contributed by atoms with Crippen LogP contribution in [-0.4, -0.2) is 18.1 Å². The van der Waals surface area contributed by atoms with Gasteiger partial charge in [0.2, 0.25) is 0 Å². The number of benzene rings is 1. The van der Waals surface area contributed by atoms with Gasteiger partial charge in [-0.1, -0.05) is 6.07 Å². The van der Waals surface area contributed by atoms with E-state index in [4.69, 9.17) is 5.26 Å². The van der Waals surface area contributed by atoms with E-state index in [1.807, 2.05) is 6.07 Å². The lowest BCUT2D eigenvalue weighted by Gasteiger charge is -2.02. The molecule has 0 aliphatic rings. The van der Waals surface area contributed by atoms with Crippen LogP contribution in [0.3, 0.4) is 0 Å². The maximum atomic E-state index is 11.7. The Bertz CT molecular complexity index is 710. The van der Waals surface area contributed by atoms with Crippen molar-refractivity contribution in [3.8, 4) is 6.07 Å². The zero-order valence-corrected chi connectivity index (χ0v) is 9.69. The van der Waals surface area contributed by atoms with Gasteiger partial charge in [0.15, 0.2) is 0 Å². The third-order valence-electron chi connectivity index (χ3n) is 2.61. The summed E-state index contributed by atoms with van der Waals surface area (Å²) in [6, 6.07) is 8.61. The van der Waals surface area contributed by atoms with Gasteiger partial charge in [-0.05, 0) is 23.6 Å². The molecule has 0 atom stereocenters. The smallest absolute Gasteiger partial charge is 0.310 e. The first-order valence-corrected chi connectivity index (χ1v) is 5.27. The molecule has 2 aromatic rings. The number of pyridine rings is 1. The number of hydrogen-bond donors (Lipinski definition) is 1. The van der Waals surface area contributed by atoms with Crippen LogP contribution in [0.15, 0.2) is 29.1 Å². The quantitative estimate of drug-likeness (QED) is 0.800. The van der Waals surface area contributed by atoms with Crippen LogP contribution in [0.5, 0.6) is 0 Å². The number of H-pyrrole nitrogens is 1. The van der Waals surface area contributed by atoms with Gasteiger partial charge in [-0.3, -0.25) is 9.59 Å². The first-order chi connectivity index (χ1) is 8.63. The molecule has 5 heteroatoms. The fourth-order valence-electron chi connectivity index (χ4n) is 1.67. The Kier molecular flexibility index (Phi) is 3.11. The first kappa shape index (κ1) is 11.9. The minimum atomic E-state index is -0.464. The summed E-state index contributed by atoms with van der Waals surface area (Å²) < 4.78 is 4.52. The SMILES string of the molecule is COC(=O)Cc1cc2ccc(C#N)cc2[nH]c1=O. The molecule has 1 aromatic heterocycles. The second-order valence-corrected chi connectivity index (χ2v) is 3.79. The number of nitrogens with zero attached hydrogens (tertiary/aromatic N) is 1. The van der Waals surface area contributed by atoms with Crippen molar-refractivity contribution in [2.45, 2.75) is 6.42 Å². The van der Waals surface area contributed by atoms with Gasteiger partial charge in [0.05, 0.1) is 25.2 Å². The molecule has 0 aliphatic carbocycles. The Morgan fingerprint density at radius 1 is 1.44 bits per heavy atom. The van der Waals surface area contributed by atoms with E-state index in [0.29, 0.717) is 16.6 Å². The molecule has 1 heterocycles. The molecule has 18 heavy (non-hydrogen) atoms. The highest BCUT2D eigenvalue weighted by molar-refractivity contribution is 5.81. The summed E-state index contributed by atoms with van der Waals surface area (Å²) in [7, 11) is 1.27. The van der Waals surface area contributed by atoms with Gasteiger partial charge in [-0.2, -0.15) is 5.26 Å². The summed E-state index contributed by atoms with van der Waals surface area (Å²) in [6.07, 6.45) is -0.0677. The number of carbonyl (C=O) groups excluding carboxylic acids is 1. The topological polar surface area (TPSA) is 82.9 Å². The minimum Gasteiger partial charge on any atom is -0.469 e. The fraction of sp³-hybridized carbons (Fsp3) is 0.154. The molecular formula is C13H10N2O3. The monoisotopic (exact) mass is 242 g/mol. The number of nitriles is 1. The van der Waals surface area contributed by atoms with Gasteiger partial charge in [-0.15, -0.1) is 0 Å². The number of hydrogen-bond acceptors (Lipinski definition) is 4. The van der Waals surface area contributed by atoms with Crippen LogP contribution >= 0.6 is 0 Å². The zero-order valence-electron chi connectivity index (χ0n) is 9.69. The Morgan fingerprint density at radius 2 is 2.22 bits per heavy atom. The third-order valence-corrected chi connectivity index (χ3v) is 2.61. The first-order valence-electron chi connectivity index (χ1n) is 5.27. The number of nitrogens with one attached hydrogen (secondary N) is 1. The van der Waals surface area contributed by atoms with Crippen LogP contribution < -0.4 is 5.56 Å². The lowest BCUT2D eigenvalue weighted by molar-refractivity contribution is -0.139. The average molecular weight is 242 g/mol. The van der Waals surface area contributed by atoms with E-state index in [9.17, 15) is 9.59 Å². The molecule has 0 fully saturated rings. The molecule has 90 valence electrons. The summed E-state index contributed by atoms with van der Waals surface area (Å²) in [5.74, 6) is -0.464. The molecule has 0 saturated heterocycles. The van der Waals surface area contributed by atoms with E-state index < -0.39 is 5.97 Å². The number of ether oxygens (including phenoxy) is 1. The second-order valence-electron chi connectivity index (χ2n) is 3.79. The van der Waals surface area contributed by atoms with Gasteiger partial charge in [0, 0.05) is 11.1 Å². The van der Waals surface area contributed by atoms with Crippen molar-refractivity contribution in [3.63, 3.8) is 0 Å². The highest BCUT2D eigenvalue weighted by atomic mass is 16.5. The number of esters is 1. The number of aromatic nitrogens is 1. The lowest BCUT2D eigenvalue weighted by atomic mass is 10.1. The van der Waals surface area contributed by atoms with Gasteiger partial charge in [0.25, 0.3) is 5.56 Å². The molecule has 1 aromatic carbocycles. The van der Waals surface area contributed by atoms with Gasteiger partial charge < -0.3 is 9.72 Å². The Balaban J connectivity index is 2.53. The van der Waals surface area contributed by atoms with E-state index in [-0.39, 0.29) is 12.0 Å². The van der Waals surface area contributed by atoms with Gasteiger partial charge in [0.1, 0.15) is 0 Å². The fourth-order valence-corrected chi connectivity index (χ4v) is 1.67. The van der Waals surface area contributed by atoms with Crippen molar-refractivity contribution in [2.24, 2.45) is 0 Å². The van der Waals surface area contributed by atoms with E-state index in [0.717, 1.165) is 5.39 Å². The Morgan fingerprint density at radius 3 is 2.89 bits per heavy atom. The highest BCUT2D eigenvalue weighted by Crippen LogP contribution is 2.13. The summed E-state index contributed by atoms with van der Waals surface area (Å²) in [5, 5.41) is 9.54. The maximum absolute atomic E-state index is 11.7. The summed E-state index contributed by atoms with van der Waals surface area (Å²) in [4.78, 5) is 25.5. The standard InChI is InChI=1S/C13H10N2O3/c1-18-12(16)6-10-5-9-3-2-8(7-14)4-11(9)15-13(10)17/h2-5H,6H2,1H3,(H,15,17). The third kappa shape index (κ3) is 2.23. The lowest BCUT2D eigenvalue weighted by Crippen LogP contribution is -2.17. The molecule has 0 aliphatic heterocycles. The summed E-state index contributed by atoms with van der Waals surface area (Å²) >= 11 is 0. The number of methoxy groups -OCH3 is 1. The summed E-state index contributed by atoms with van der Waals surface area (Å²) in [6.45, 7) is 0. The average Bonchev–Trinajstić information content (AvgIpc) is 2.38. The molecule has 0 bridgehead atoms. The van der Waals surface area contributed by atoms with E-state index in [1.165, 1.54) is 7.11 Å². The van der Waals surface area contributed by atoms with Crippen LogP contribution in [0.1, 0.15) is 11.1 Å². The van der Waals surface area contributed by atoms with Crippen molar-refractivity contribution in [1.29, 1.82) is 5.26 Å². The molecule has 0 unspecified atom stereocenters. The molecule has 1 N–H and O–H groups in total. The number of carbonyl (C=O) groups is 1. The molecule has 0 spiro atoms. The predicted octanol–water partition coefficient (Wildman–Crippen LogP) is 1.12. The van der Waals surface area contributed by atoms with Crippen LogP contribution in [0.25, 0.3) is 10.9 Å². The largest absolute Gasteiger partial charge is 0.469 e. The molecule has 0 saturated carbocycles. The summed E-state index contributed by atoms with van der Waals surface area (Å²) in [5.41, 5.74) is 1.05. The number of aromatic amines is 1. The zero-order chi connectivity index (χ0) is 13.1. The minimum absolute atomic E-state index is 0.0677. The van der Waals surface area contributed by atoms with E-state index in [2.05, 4.69) is 9.72 Å². The molecule has 5 nitrogen and oxygen atoms in total. The Labute approximate surface area is 103 Å². The number of rotatable bonds is 2. The van der Waals surface area contributed by atoms with E-state index >= 15 is 0 Å². The van der Waals surface area contributed by atoms with Crippen LogP contribution in [-0.2, 0) is 16.0 Å². The van der Waals surface area contributed by atoms with Crippen molar-refractivity contribution in [3.05, 3.63) is 45.7 Å². The van der Waals surface area contributed by atoms with E-state index in [1.54, 1.807) is 24.3 Å². The van der Waals surface area contributed by atoms with Crippen LogP contribution in [0.4, 0.5) is 0 Å². The second kappa shape index (κ2) is 4.72. The molecule has 0 radical (unpaired) electrons. The Hall–Kier alpha value is -2.61. The van der Waals surface area contributed by atoms with Crippen molar-refractivity contribution in [1.82, 2.24) is 4.98 Å². The van der Waals surface area contributed by atoms with Crippen LogP contribution in [0, 0.1) is 11.3 Å². The molecule has 2 rings (SSSR count).